The monoisotopic (exact) mass is 508 g/mol. The van der Waals surface area contributed by atoms with Gasteiger partial charge in [-0.1, -0.05) is 30.7 Å². The lowest BCUT2D eigenvalue weighted by Gasteiger charge is -2.28. The van der Waals surface area contributed by atoms with Gasteiger partial charge in [0.2, 0.25) is 0 Å². The molecular formula is C24H26ClFN2O5S. The Balaban J connectivity index is 2.06. The van der Waals surface area contributed by atoms with Crippen LogP contribution >= 0.6 is 23.4 Å². The van der Waals surface area contributed by atoms with Crippen molar-refractivity contribution in [3.05, 3.63) is 58.4 Å². The second-order valence-corrected chi connectivity index (χ2v) is 10.6. The summed E-state index contributed by atoms with van der Waals surface area (Å²) in [6.45, 7) is 7.03. The third-order valence-electron chi connectivity index (χ3n) is 4.99. The first kappa shape index (κ1) is 25.8. The minimum Gasteiger partial charge on any atom is -0.465 e. The molecule has 0 saturated heterocycles. The van der Waals surface area contributed by atoms with Crippen molar-refractivity contribution < 1.29 is 28.2 Å². The number of nitrogens with zero attached hydrogens (tertiary/aromatic N) is 1. The Labute approximate surface area is 206 Å². The fourth-order valence-electron chi connectivity index (χ4n) is 3.42. The minimum absolute atomic E-state index is 0.106. The Morgan fingerprint density at radius 2 is 1.85 bits per heavy atom. The van der Waals surface area contributed by atoms with E-state index < -0.39 is 40.7 Å². The summed E-state index contributed by atoms with van der Waals surface area (Å²) in [5.41, 5.74) is 0.0518. The number of methoxy groups -OCH3 is 1. The van der Waals surface area contributed by atoms with Gasteiger partial charge in [0.05, 0.1) is 24.9 Å². The number of fused-ring (bicyclic) bond motifs is 1. The van der Waals surface area contributed by atoms with Crippen LogP contribution in [0.5, 0.6) is 0 Å². The van der Waals surface area contributed by atoms with E-state index in [4.69, 9.17) is 21.1 Å². The highest BCUT2D eigenvalue weighted by molar-refractivity contribution is 8.00. The zero-order valence-corrected chi connectivity index (χ0v) is 21.1. The number of anilines is 1. The molecule has 0 saturated carbocycles. The lowest BCUT2D eigenvalue weighted by molar-refractivity contribution is -0.120. The molecule has 182 valence electrons. The van der Waals surface area contributed by atoms with E-state index in [2.05, 4.69) is 5.32 Å². The molecule has 0 bridgehead atoms. The number of esters is 1. The van der Waals surface area contributed by atoms with Crippen molar-refractivity contribution in [3.63, 3.8) is 0 Å². The van der Waals surface area contributed by atoms with Gasteiger partial charge in [-0.15, -0.1) is 11.8 Å². The van der Waals surface area contributed by atoms with Gasteiger partial charge in [-0.05, 0) is 50.6 Å². The van der Waals surface area contributed by atoms with Crippen LogP contribution in [-0.2, 0) is 20.8 Å². The number of halogens is 2. The average molecular weight is 509 g/mol. The topological polar surface area (TPSA) is 84.9 Å². The number of thioether (sulfide) groups is 1. The fraction of sp³-hybridized carbons (Fsp3) is 0.375. The van der Waals surface area contributed by atoms with Crippen molar-refractivity contribution in [2.75, 3.05) is 12.0 Å². The van der Waals surface area contributed by atoms with Gasteiger partial charge in [0, 0.05) is 15.2 Å². The third-order valence-corrected chi connectivity index (χ3v) is 6.46. The number of carbonyl (C=O) groups is 3. The van der Waals surface area contributed by atoms with Crippen molar-refractivity contribution in [1.82, 2.24) is 5.32 Å². The van der Waals surface area contributed by atoms with E-state index in [-0.39, 0.29) is 12.1 Å². The molecule has 2 aromatic carbocycles. The first-order valence-corrected chi connectivity index (χ1v) is 11.8. The SMILES string of the molecule is COC(=O)c1cc2c(cc1F)S[C@H](C)[C@H](NC(=O)OC(C)(C)C)C(=O)N2Cc1ccc(Cl)cc1. The maximum atomic E-state index is 14.7. The molecule has 3 rings (SSSR count). The Morgan fingerprint density at radius 3 is 2.44 bits per heavy atom. The summed E-state index contributed by atoms with van der Waals surface area (Å²) in [7, 11) is 1.15. The molecule has 10 heteroatoms. The van der Waals surface area contributed by atoms with Crippen LogP contribution in [0.4, 0.5) is 14.9 Å². The first-order chi connectivity index (χ1) is 15.9. The van der Waals surface area contributed by atoms with Crippen molar-refractivity contribution >= 4 is 47.0 Å². The number of nitrogens with one attached hydrogen (secondary N) is 1. The van der Waals surface area contributed by atoms with Crippen molar-refractivity contribution in [2.24, 2.45) is 0 Å². The second kappa shape index (κ2) is 10.2. The first-order valence-electron chi connectivity index (χ1n) is 10.5. The molecular weight excluding hydrogens is 483 g/mol. The number of ether oxygens (including phenoxy) is 2. The van der Waals surface area contributed by atoms with Crippen molar-refractivity contribution in [3.8, 4) is 0 Å². The number of rotatable bonds is 4. The number of alkyl carbamates (subject to hydrolysis) is 1. The molecule has 2 atom stereocenters. The molecule has 0 fully saturated rings. The zero-order valence-electron chi connectivity index (χ0n) is 19.5. The van der Waals surface area contributed by atoms with Gasteiger partial charge in [-0.2, -0.15) is 0 Å². The van der Waals surface area contributed by atoms with Crippen molar-refractivity contribution in [2.45, 2.75) is 56.0 Å². The minimum atomic E-state index is -0.968. The van der Waals surface area contributed by atoms with Gasteiger partial charge >= 0.3 is 12.1 Å². The maximum Gasteiger partial charge on any atom is 0.408 e. The molecule has 0 aliphatic carbocycles. The largest absolute Gasteiger partial charge is 0.465 e. The Kier molecular flexibility index (Phi) is 7.77. The molecule has 0 aromatic heterocycles. The molecule has 1 N–H and O–H groups in total. The van der Waals surface area contributed by atoms with Gasteiger partial charge in [0.15, 0.2) is 0 Å². The summed E-state index contributed by atoms with van der Waals surface area (Å²) in [5, 5.41) is 2.73. The number of carbonyl (C=O) groups excluding carboxylic acids is 3. The van der Waals surface area contributed by atoms with E-state index in [1.807, 2.05) is 0 Å². The van der Waals surface area contributed by atoms with Crippen LogP contribution < -0.4 is 10.2 Å². The Bertz CT molecular complexity index is 1100. The molecule has 2 aromatic rings. The second-order valence-electron chi connectivity index (χ2n) is 8.79. The summed E-state index contributed by atoms with van der Waals surface area (Å²) in [6, 6.07) is 8.46. The molecule has 2 amide bonds. The third kappa shape index (κ3) is 6.01. The Hall–Kier alpha value is -2.78. The number of hydrogen-bond acceptors (Lipinski definition) is 6. The fourth-order valence-corrected chi connectivity index (χ4v) is 4.73. The highest BCUT2D eigenvalue weighted by Crippen LogP contribution is 2.40. The van der Waals surface area contributed by atoms with Gasteiger partial charge < -0.3 is 19.7 Å². The zero-order chi connectivity index (χ0) is 25.2. The number of benzene rings is 2. The van der Waals surface area contributed by atoms with E-state index >= 15 is 0 Å². The summed E-state index contributed by atoms with van der Waals surface area (Å²) >= 11 is 7.21. The number of hydrogen-bond donors (Lipinski definition) is 1. The predicted molar refractivity (Wildman–Crippen MR) is 129 cm³/mol. The van der Waals surface area contributed by atoms with Gasteiger partial charge in [-0.3, -0.25) is 4.79 Å². The van der Waals surface area contributed by atoms with Gasteiger partial charge in [-0.25, -0.2) is 14.0 Å². The standard InChI is InChI=1S/C24H26ClFN2O5S/c1-13-20(27-23(31)33-24(2,3)4)21(29)28(12-14-6-8-15(25)9-7-14)18-10-16(22(30)32-5)17(26)11-19(18)34-13/h6-11,13,20H,12H2,1-5H3,(H,27,31)/t13-,20+/m1/s1. The van der Waals surface area contributed by atoms with Crippen LogP contribution in [0, 0.1) is 5.82 Å². The predicted octanol–water partition coefficient (Wildman–Crippen LogP) is 5.19. The van der Waals surface area contributed by atoms with Gasteiger partial charge in [0.1, 0.15) is 17.5 Å². The van der Waals surface area contributed by atoms with E-state index in [1.54, 1.807) is 52.0 Å². The highest BCUT2D eigenvalue weighted by Gasteiger charge is 2.38. The normalized spacial score (nSPS) is 18.1. The van der Waals surface area contributed by atoms with E-state index in [0.29, 0.717) is 15.6 Å². The Morgan fingerprint density at radius 1 is 1.21 bits per heavy atom. The molecule has 0 spiro atoms. The molecule has 34 heavy (non-hydrogen) atoms. The lowest BCUT2D eigenvalue weighted by Crippen LogP contribution is -2.52. The van der Waals surface area contributed by atoms with Crippen LogP contribution in [0.2, 0.25) is 5.02 Å². The molecule has 1 heterocycles. The van der Waals surface area contributed by atoms with Crippen molar-refractivity contribution in [1.29, 1.82) is 0 Å². The van der Waals surface area contributed by atoms with E-state index in [9.17, 15) is 18.8 Å². The van der Waals surface area contributed by atoms with Gasteiger partial charge in [0.25, 0.3) is 5.91 Å². The summed E-state index contributed by atoms with van der Waals surface area (Å²) in [4.78, 5) is 40.2. The van der Waals surface area contributed by atoms with Crippen LogP contribution in [-0.4, -0.2) is 42.0 Å². The van der Waals surface area contributed by atoms with Crippen LogP contribution in [0.1, 0.15) is 43.6 Å². The average Bonchev–Trinajstić information content (AvgIpc) is 2.83. The number of amides is 2. The van der Waals surface area contributed by atoms with E-state index in [1.165, 1.54) is 28.8 Å². The quantitative estimate of drug-likeness (QED) is 0.572. The molecule has 1 aliphatic rings. The highest BCUT2D eigenvalue weighted by atomic mass is 35.5. The van der Waals surface area contributed by atoms with Crippen LogP contribution in [0.15, 0.2) is 41.3 Å². The smallest absolute Gasteiger partial charge is 0.408 e. The molecule has 7 nitrogen and oxygen atoms in total. The van der Waals surface area contributed by atoms with Crippen LogP contribution in [0.25, 0.3) is 0 Å². The maximum absolute atomic E-state index is 14.7. The molecule has 0 radical (unpaired) electrons. The molecule has 0 unspecified atom stereocenters. The van der Waals surface area contributed by atoms with E-state index in [0.717, 1.165) is 12.7 Å². The van der Waals surface area contributed by atoms with Crippen LogP contribution in [0.3, 0.4) is 0 Å². The summed E-state index contributed by atoms with van der Waals surface area (Å²) < 4.78 is 24.8. The summed E-state index contributed by atoms with van der Waals surface area (Å²) in [6.07, 6.45) is -0.739. The molecule has 1 aliphatic heterocycles. The lowest BCUT2D eigenvalue weighted by atomic mass is 10.1. The summed E-state index contributed by atoms with van der Waals surface area (Å²) in [5.74, 6) is -2.05.